The SMILES string of the molecule is Cc1nn(C)c2c1CCN(C(=O)COc1ccc(Cl)cc1Cl)C2. The van der Waals surface area contributed by atoms with Crippen molar-refractivity contribution in [2.24, 2.45) is 7.05 Å². The van der Waals surface area contributed by atoms with Crippen LogP contribution in [0.3, 0.4) is 0 Å². The fourth-order valence-corrected chi connectivity index (χ4v) is 3.28. The molecule has 23 heavy (non-hydrogen) atoms. The van der Waals surface area contributed by atoms with Crippen molar-refractivity contribution in [1.29, 1.82) is 0 Å². The molecule has 1 aromatic carbocycles. The molecule has 5 nitrogen and oxygen atoms in total. The molecule has 7 heteroatoms. The summed E-state index contributed by atoms with van der Waals surface area (Å²) in [7, 11) is 1.91. The number of amides is 1. The minimum absolute atomic E-state index is 0.0481. The first-order valence-electron chi connectivity index (χ1n) is 7.32. The summed E-state index contributed by atoms with van der Waals surface area (Å²) < 4.78 is 7.37. The van der Waals surface area contributed by atoms with E-state index in [0.29, 0.717) is 28.9 Å². The quantitative estimate of drug-likeness (QED) is 0.851. The van der Waals surface area contributed by atoms with Gasteiger partial charge in [-0.05, 0) is 37.1 Å². The number of nitrogens with zero attached hydrogens (tertiary/aromatic N) is 3. The minimum Gasteiger partial charge on any atom is -0.482 e. The summed E-state index contributed by atoms with van der Waals surface area (Å²) in [5.74, 6) is 0.388. The smallest absolute Gasteiger partial charge is 0.260 e. The maximum absolute atomic E-state index is 12.4. The maximum Gasteiger partial charge on any atom is 0.260 e. The van der Waals surface area contributed by atoms with Gasteiger partial charge in [0.25, 0.3) is 5.91 Å². The number of ether oxygens (including phenoxy) is 1. The lowest BCUT2D eigenvalue weighted by atomic mass is 10.0. The lowest BCUT2D eigenvalue weighted by Gasteiger charge is -2.27. The molecule has 1 aromatic heterocycles. The van der Waals surface area contributed by atoms with Crippen molar-refractivity contribution in [3.8, 4) is 5.75 Å². The Morgan fingerprint density at radius 1 is 1.39 bits per heavy atom. The van der Waals surface area contributed by atoms with Crippen molar-refractivity contribution >= 4 is 29.1 Å². The van der Waals surface area contributed by atoms with E-state index < -0.39 is 0 Å². The van der Waals surface area contributed by atoms with E-state index in [1.807, 2.05) is 18.7 Å². The van der Waals surface area contributed by atoms with Gasteiger partial charge in [-0.2, -0.15) is 5.10 Å². The Labute approximate surface area is 144 Å². The van der Waals surface area contributed by atoms with Crippen LogP contribution in [-0.2, 0) is 24.8 Å². The summed E-state index contributed by atoms with van der Waals surface area (Å²) >= 11 is 11.9. The van der Waals surface area contributed by atoms with Crippen LogP contribution in [-0.4, -0.2) is 33.7 Å². The summed E-state index contributed by atoms with van der Waals surface area (Å²) in [6.45, 7) is 3.19. The van der Waals surface area contributed by atoms with Gasteiger partial charge in [0.2, 0.25) is 0 Å². The van der Waals surface area contributed by atoms with Crippen molar-refractivity contribution < 1.29 is 9.53 Å². The van der Waals surface area contributed by atoms with E-state index in [1.165, 1.54) is 5.56 Å². The summed E-state index contributed by atoms with van der Waals surface area (Å²) in [4.78, 5) is 14.2. The molecule has 0 unspecified atom stereocenters. The van der Waals surface area contributed by atoms with Gasteiger partial charge in [-0.15, -0.1) is 0 Å². The molecule has 0 radical (unpaired) electrons. The number of carbonyl (C=O) groups excluding carboxylic acids is 1. The van der Waals surface area contributed by atoms with Crippen molar-refractivity contribution in [2.45, 2.75) is 19.9 Å². The van der Waals surface area contributed by atoms with E-state index in [9.17, 15) is 4.79 Å². The lowest BCUT2D eigenvalue weighted by molar-refractivity contribution is -0.134. The van der Waals surface area contributed by atoms with Crippen molar-refractivity contribution in [3.05, 3.63) is 45.2 Å². The predicted octanol–water partition coefficient (Wildman–Crippen LogP) is 3.00. The Bertz CT molecular complexity index is 758. The highest BCUT2D eigenvalue weighted by atomic mass is 35.5. The van der Waals surface area contributed by atoms with Crippen LogP contribution in [0.5, 0.6) is 5.75 Å². The first kappa shape index (κ1) is 16.1. The molecular formula is C16H17Cl2N3O2. The average molecular weight is 354 g/mol. The van der Waals surface area contributed by atoms with Crippen LogP contribution in [0.4, 0.5) is 0 Å². The molecule has 2 heterocycles. The average Bonchev–Trinajstić information content (AvgIpc) is 2.80. The van der Waals surface area contributed by atoms with Crippen LogP contribution in [0, 0.1) is 6.92 Å². The summed E-state index contributed by atoms with van der Waals surface area (Å²) in [6.07, 6.45) is 0.822. The van der Waals surface area contributed by atoms with Crippen LogP contribution < -0.4 is 4.74 Å². The molecule has 0 saturated carbocycles. The molecule has 0 aliphatic carbocycles. The van der Waals surface area contributed by atoms with Crippen LogP contribution in [0.25, 0.3) is 0 Å². The minimum atomic E-state index is -0.0690. The molecule has 3 rings (SSSR count). The number of fused-ring (bicyclic) bond motifs is 1. The van der Waals surface area contributed by atoms with Crippen LogP contribution in [0.15, 0.2) is 18.2 Å². The third-order valence-corrected chi connectivity index (χ3v) is 4.58. The number of rotatable bonds is 3. The number of carbonyl (C=O) groups is 1. The van der Waals surface area contributed by atoms with E-state index in [4.69, 9.17) is 27.9 Å². The summed E-state index contributed by atoms with van der Waals surface area (Å²) in [6, 6.07) is 4.93. The number of hydrogen-bond acceptors (Lipinski definition) is 3. The van der Waals surface area contributed by atoms with Gasteiger partial charge in [0.05, 0.1) is 23.0 Å². The lowest BCUT2D eigenvalue weighted by Crippen LogP contribution is -2.39. The monoisotopic (exact) mass is 353 g/mol. The zero-order chi connectivity index (χ0) is 16.6. The highest BCUT2D eigenvalue weighted by molar-refractivity contribution is 6.35. The molecule has 0 saturated heterocycles. The number of halogens is 2. The van der Waals surface area contributed by atoms with Crippen molar-refractivity contribution in [3.63, 3.8) is 0 Å². The fourth-order valence-electron chi connectivity index (χ4n) is 2.82. The van der Waals surface area contributed by atoms with Crippen LogP contribution >= 0.6 is 23.2 Å². The van der Waals surface area contributed by atoms with Gasteiger partial charge >= 0.3 is 0 Å². The molecule has 1 aliphatic rings. The predicted molar refractivity (Wildman–Crippen MR) is 89.0 cm³/mol. The molecule has 0 N–H and O–H groups in total. The zero-order valence-electron chi connectivity index (χ0n) is 13.0. The van der Waals surface area contributed by atoms with Gasteiger partial charge in [-0.3, -0.25) is 9.48 Å². The highest BCUT2D eigenvalue weighted by Gasteiger charge is 2.25. The Kier molecular flexibility index (Phi) is 4.50. The Morgan fingerprint density at radius 3 is 2.91 bits per heavy atom. The molecule has 0 spiro atoms. The van der Waals surface area contributed by atoms with Gasteiger partial charge in [0.15, 0.2) is 6.61 Å². The molecule has 1 aliphatic heterocycles. The summed E-state index contributed by atoms with van der Waals surface area (Å²) in [5, 5.41) is 5.35. The standard InChI is InChI=1S/C16H17Cl2N3O2/c1-10-12-5-6-21(8-14(12)20(2)19-10)16(22)9-23-15-4-3-11(17)7-13(15)18/h3-4,7H,5-6,8-9H2,1-2H3. The fraction of sp³-hybridized carbons (Fsp3) is 0.375. The highest BCUT2D eigenvalue weighted by Crippen LogP contribution is 2.27. The van der Waals surface area contributed by atoms with Gasteiger partial charge in [-0.1, -0.05) is 23.2 Å². The van der Waals surface area contributed by atoms with E-state index in [-0.39, 0.29) is 12.5 Å². The third-order valence-electron chi connectivity index (χ3n) is 4.05. The van der Waals surface area contributed by atoms with Gasteiger partial charge < -0.3 is 9.64 Å². The number of hydrogen-bond donors (Lipinski definition) is 0. The molecule has 0 bridgehead atoms. The van der Waals surface area contributed by atoms with Crippen LogP contribution in [0.2, 0.25) is 10.0 Å². The van der Waals surface area contributed by atoms with Crippen LogP contribution in [0.1, 0.15) is 17.0 Å². The Hall–Kier alpha value is -1.72. The molecule has 0 fully saturated rings. The van der Waals surface area contributed by atoms with E-state index in [2.05, 4.69) is 5.10 Å². The van der Waals surface area contributed by atoms with Crippen molar-refractivity contribution in [2.75, 3.05) is 13.2 Å². The number of aryl methyl sites for hydroxylation is 2. The van der Waals surface area contributed by atoms with Gasteiger partial charge in [0, 0.05) is 18.6 Å². The first-order valence-corrected chi connectivity index (χ1v) is 8.08. The Morgan fingerprint density at radius 2 is 2.17 bits per heavy atom. The molecule has 1 amide bonds. The zero-order valence-corrected chi connectivity index (χ0v) is 14.5. The molecule has 0 atom stereocenters. The van der Waals surface area contributed by atoms with Gasteiger partial charge in [0.1, 0.15) is 5.75 Å². The second-order valence-corrected chi connectivity index (χ2v) is 6.41. The first-order chi connectivity index (χ1) is 11.0. The largest absolute Gasteiger partial charge is 0.482 e. The molecule has 2 aromatic rings. The topological polar surface area (TPSA) is 47.4 Å². The maximum atomic E-state index is 12.4. The van der Waals surface area contributed by atoms with Gasteiger partial charge in [-0.25, -0.2) is 0 Å². The Balaban J connectivity index is 1.64. The normalized spacial score (nSPS) is 13.8. The number of benzene rings is 1. The van der Waals surface area contributed by atoms with E-state index in [0.717, 1.165) is 17.8 Å². The van der Waals surface area contributed by atoms with E-state index in [1.54, 1.807) is 23.1 Å². The summed E-state index contributed by atoms with van der Waals surface area (Å²) in [5.41, 5.74) is 3.38. The molecule has 122 valence electrons. The second-order valence-electron chi connectivity index (χ2n) is 5.56. The van der Waals surface area contributed by atoms with Crippen molar-refractivity contribution in [1.82, 2.24) is 14.7 Å². The second kappa shape index (κ2) is 6.42. The number of aromatic nitrogens is 2. The third kappa shape index (κ3) is 3.31. The molecular weight excluding hydrogens is 337 g/mol. The van der Waals surface area contributed by atoms with E-state index >= 15 is 0 Å².